The van der Waals surface area contributed by atoms with Gasteiger partial charge in [0.2, 0.25) is 0 Å². The van der Waals surface area contributed by atoms with E-state index in [-0.39, 0.29) is 11.5 Å². The van der Waals surface area contributed by atoms with E-state index >= 15 is 0 Å². The fraction of sp³-hybridized carbons (Fsp3) is 0.321. The number of allylic oxidation sites excluding steroid dienone is 2. The highest BCUT2D eigenvalue weighted by atomic mass is 35.5. The van der Waals surface area contributed by atoms with Gasteiger partial charge in [0.05, 0.1) is 28.9 Å². The Morgan fingerprint density at radius 1 is 1.19 bits per heavy atom. The maximum absolute atomic E-state index is 13.7. The zero-order valence-electron chi connectivity index (χ0n) is 20.5. The van der Waals surface area contributed by atoms with Gasteiger partial charge in [0.25, 0.3) is 5.91 Å². The van der Waals surface area contributed by atoms with Crippen LogP contribution in [0, 0.1) is 5.82 Å². The van der Waals surface area contributed by atoms with Crippen LogP contribution in [0.25, 0.3) is 10.9 Å². The van der Waals surface area contributed by atoms with Crippen LogP contribution in [0.4, 0.5) is 4.39 Å². The number of likely N-dealkylation sites (tertiary alicyclic amines) is 1. The summed E-state index contributed by atoms with van der Waals surface area (Å²) in [5.74, 6) is -1.06. The molecule has 3 heterocycles. The van der Waals surface area contributed by atoms with Crippen LogP contribution in [0.15, 0.2) is 59.2 Å². The third kappa shape index (κ3) is 4.22. The number of piperidine rings is 1. The van der Waals surface area contributed by atoms with Gasteiger partial charge in [-0.25, -0.2) is 9.18 Å². The number of esters is 1. The van der Waals surface area contributed by atoms with Crippen molar-refractivity contribution in [1.82, 2.24) is 9.47 Å². The molecule has 0 bridgehead atoms. The molecule has 1 spiro atoms. The smallest absolute Gasteiger partial charge is 0.339 e. The number of hydrogen-bond donors (Lipinski definition) is 0. The molecule has 36 heavy (non-hydrogen) atoms. The number of carbonyl (C=O) groups excluding carboxylic acids is 2. The lowest BCUT2D eigenvalue weighted by molar-refractivity contribution is -0.0389. The van der Waals surface area contributed by atoms with Crippen molar-refractivity contribution < 1.29 is 18.7 Å². The zero-order chi connectivity index (χ0) is 25.6. The average molecular weight is 508 g/mol. The second kappa shape index (κ2) is 9.21. The average Bonchev–Trinajstić information content (AvgIpc) is 3.32. The molecule has 5 rings (SSSR count). The van der Waals surface area contributed by atoms with Gasteiger partial charge in [0, 0.05) is 55.1 Å². The standard InChI is InChI=1S/C28H27ClFN3O3/c1-17(2)12-20(31-3)15-33-16-23(21-6-4-18(29)13-25(21)33)26(34)32-10-8-28(9-11-32)24-7-5-19(30)14-22(24)27(35)36-28/h4-7,12-14,16H,8-11,15H2,1-3H3. The zero-order valence-corrected chi connectivity index (χ0v) is 21.2. The van der Waals surface area contributed by atoms with Gasteiger partial charge in [-0.3, -0.25) is 9.79 Å². The van der Waals surface area contributed by atoms with Crippen LogP contribution in [-0.2, 0) is 16.9 Å². The summed E-state index contributed by atoms with van der Waals surface area (Å²) in [4.78, 5) is 32.3. The van der Waals surface area contributed by atoms with Crippen molar-refractivity contribution in [3.8, 4) is 0 Å². The number of halogens is 2. The quantitative estimate of drug-likeness (QED) is 0.332. The molecule has 1 amide bonds. The number of ether oxygens (including phenoxy) is 1. The maximum atomic E-state index is 13.7. The molecule has 1 aromatic heterocycles. The molecule has 0 unspecified atom stereocenters. The van der Waals surface area contributed by atoms with Gasteiger partial charge in [0.1, 0.15) is 11.4 Å². The van der Waals surface area contributed by atoms with E-state index in [1.807, 2.05) is 42.8 Å². The molecule has 2 aliphatic rings. The Kier molecular flexibility index (Phi) is 6.20. The number of fused-ring (bicyclic) bond motifs is 3. The summed E-state index contributed by atoms with van der Waals surface area (Å²) in [7, 11) is 1.76. The molecule has 1 saturated heterocycles. The van der Waals surface area contributed by atoms with Crippen LogP contribution in [-0.4, -0.2) is 47.2 Å². The molecule has 0 N–H and O–H groups in total. The first-order valence-electron chi connectivity index (χ1n) is 11.9. The summed E-state index contributed by atoms with van der Waals surface area (Å²) in [6.07, 6.45) is 4.81. The summed E-state index contributed by atoms with van der Waals surface area (Å²) in [5, 5.41) is 1.42. The van der Waals surface area contributed by atoms with Gasteiger partial charge in [-0.1, -0.05) is 29.3 Å². The highest BCUT2D eigenvalue weighted by Crippen LogP contribution is 2.44. The largest absolute Gasteiger partial charge is 0.450 e. The van der Waals surface area contributed by atoms with Gasteiger partial charge < -0.3 is 14.2 Å². The first-order valence-corrected chi connectivity index (χ1v) is 12.3. The van der Waals surface area contributed by atoms with E-state index in [1.165, 1.54) is 12.1 Å². The Bertz CT molecular complexity index is 1440. The molecule has 6 nitrogen and oxygen atoms in total. The van der Waals surface area contributed by atoms with E-state index in [0.29, 0.717) is 48.6 Å². The molecular weight excluding hydrogens is 481 g/mol. The summed E-state index contributed by atoms with van der Waals surface area (Å²) in [5.41, 5.74) is 3.66. The molecule has 2 aromatic carbocycles. The second-order valence-corrected chi connectivity index (χ2v) is 10.1. The van der Waals surface area contributed by atoms with Gasteiger partial charge >= 0.3 is 5.97 Å². The van der Waals surface area contributed by atoms with E-state index in [1.54, 1.807) is 24.1 Å². The predicted octanol–water partition coefficient (Wildman–Crippen LogP) is 5.77. The van der Waals surface area contributed by atoms with Crippen molar-refractivity contribution in [3.63, 3.8) is 0 Å². The van der Waals surface area contributed by atoms with Crippen LogP contribution < -0.4 is 0 Å². The van der Waals surface area contributed by atoms with Gasteiger partial charge in [-0.2, -0.15) is 0 Å². The Morgan fingerprint density at radius 2 is 1.94 bits per heavy atom. The van der Waals surface area contributed by atoms with E-state index < -0.39 is 17.4 Å². The Labute approximate surface area is 214 Å². The molecule has 3 aromatic rings. The summed E-state index contributed by atoms with van der Waals surface area (Å²) >= 11 is 6.30. The van der Waals surface area contributed by atoms with Gasteiger partial charge in [0.15, 0.2) is 0 Å². The van der Waals surface area contributed by atoms with Crippen LogP contribution >= 0.6 is 11.6 Å². The summed E-state index contributed by atoms with van der Waals surface area (Å²) < 4.78 is 21.4. The van der Waals surface area contributed by atoms with E-state index in [4.69, 9.17) is 16.3 Å². The van der Waals surface area contributed by atoms with Gasteiger partial charge in [-0.05, 0) is 44.2 Å². The lowest BCUT2D eigenvalue weighted by atomic mass is 9.83. The molecule has 0 saturated carbocycles. The van der Waals surface area contributed by atoms with E-state index in [9.17, 15) is 14.0 Å². The highest BCUT2D eigenvalue weighted by Gasteiger charge is 2.48. The number of nitrogens with zero attached hydrogens (tertiary/aromatic N) is 3. The number of amides is 1. The molecular formula is C28H27ClFN3O3. The van der Waals surface area contributed by atoms with Crippen LogP contribution in [0.3, 0.4) is 0 Å². The maximum Gasteiger partial charge on any atom is 0.339 e. The van der Waals surface area contributed by atoms with E-state index in [0.717, 1.165) is 22.2 Å². The Hall–Kier alpha value is -3.45. The van der Waals surface area contributed by atoms with E-state index in [2.05, 4.69) is 4.99 Å². The fourth-order valence-corrected chi connectivity index (χ4v) is 5.40. The minimum atomic E-state index is -0.810. The number of hydrogen-bond acceptors (Lipinski definition) is 4. The van der Waals surface area contributed by atoms with Crippen LogP contribution in [0.1, 0.15) is 53.0 Å². The Balaban J connectivity index is 1.42. The number of benzene rings is 2. The third-order valence-corrected chi connectivity index (χ3v) is 7.22. The number of aromatic nitrogens is 1. The highest BCUT2D eigenvalue weighted by molar-refractivity contribution is 6.31. The summed E-state index contributed by atoms with van der Waals surface area (Å²) in [6.45, 7) is 5.39. The Morgan fingerprint density at radius 3 is 2.64 bits per heavy atom. The molecule has 2 aliphatic heterocycles. The van der Waals surface area contributed by atoms with Gasteiger partial charge in [-0.15, -0.1) is 0 Å². The van der Waals surface area contributed by atoms with Crippen molar-refractivity contribution in [2.24, 2.45) is 4.99 Å². The first kappa shape index (κ1) is 24.3. The SMILES string of the molecule is CN=C(C=C(C)C)Cn1cc(C(=O)N2CCC3(CC2)OC(=O)c2cc(F)ccc23)c2ccc(Cl)cc21. The van der Waals surface area contributed by atoms with Crippen molar-refractivity contribution in [3.05, 3.63) is 81.8 Å². The topological polar surface area (TPSA) is 63.9 Å². The van der Waals surface area contributed by atoms with Crippen molar-refractivity contribution >= 4 is 40.1 Å². The van der Waals surface area contributed by atoms with Crippen LogP contribution in [0.5, 0.6) is 0 Å². The third-order valence-electron chi connectivity index (χ3n) is 6.99. The molecule has 8 heteroatoms. The van der Waals surface area contributed by atoms with Crippen LogP contribution in [0.2, 0.25) is 5.02 Å². The molecule has 186 valence electrons. The molecule has 0 aliphatic carbocycles. The predicted molar refractivity (Wildman–Crippen MR) is 138 cm³/mol. The van der Waals surface area contributed by atoms with Crippen molar-refractivity contribution in [1.29, 1.82) is 0 Å². The molecule has 0 atom stereocenters. The monoisotopic (exact) mass is 507 g/mol. The second-order valence-electron chi connectivity index (χ2n) is 9.63. The lowest BCUT2D eigenvalue weighted by Gasteiger charge is -2.38. The minimum absolute atomic E-state index is 0.0863. The fourth-order valence-electron chi connectivity index (χ4n) is 5.24. The summed E-state index contributed by atoms with van der Waals surface area (Å²) in [6, 6.07) is 9.73. The number of rotatable bonds is 4. The number of aliphatic imine (C=N–C) groups is 1. The van der Waals surface area contributed by atoms with Crippen molar-refractivity contribution in [2.75, 3.05) is 20.1 Å². The molecule has 1 fully saturated rings. The first-order chi connectivity index (χ1) is 17.2. The lowest BCUT2D eigenvalue weighted by Crippen LogP contribution is -2.45. The molecule has 0 radical (unpaired) electrons. The number of carbonyl (C=O) groups is 2. The van der Waals surface area contributed by atoms with Crippen molar-refractivity contribution in [2.45, 2.75) is 38.8 Å². The minimum Gasteiger partial charge on any atom is -0.450 e. The normalized spacial score (nSPS) is 16.9.